The number of halogens is 1. The van der Waals surface area contributed by atoms with Gasteiger partial charge in [0.25, 0.3) is 5.91 Å². The minimum atomic E-state index is -0.311. The SMILES string of the molecule is Cc1cc(C(=O)Nc2cc(-c3ccc(F)cc3)ccc2N)sc1Nc1nccc(-c2cnc(C)n2C(C)C)n1. The predicted molar refractivity (Wildman–Crippen MR) is 155 cm³/mol. The van der Waals surface area contributed by atoms with Crippen molar-refractivity contribution < 1.29 is 9.18 Å². The van der Waals surface area contributed by atoms with E-state index in [9.17, 15) is 9.18 Å². The van der Waals surface area contributed by atoms with Gasteiger partial charge in [0.15, 0.2) is 0 Å². The smallest absolute Gasteiger partial charge is 0.265 e. The number of aromatic nitrogens is 4. The number of nitrogens with one attached hydrogen (secondary N) is 2. The summed E-state index contributed by atoms with van der Waals surface area (Å²) in [5.41, 5.74) is 11.2. The zero-order chi connectivity index (χ0) is 27.7. The Morgan fingerprint density at radius 3 is 2.51 bits per heavy atom. The molecule has 0 unspecified atom stereocenters. The van der Waals surface area contributed by atoms with Gasteiger partial charge in [-0.3, -0.25) is 4.79 Å². The second-order valence-electron chi connectivity index (χ2n) is 9.43. The number of nitrogens with two attached hydrogens (primary N) is 1. The molecule has 3 heterocycles. The van der Waals surface area contributed by atoms with E-state index in [1.165, 1.54) is 23.5 Å². The van der Waals surface area contributed by atoms with Crippen molar-refractivity contribution in [2.45, 2.75) is 33.7 Å². The van der Waals surface area contributed by atoms with E-state index in [-0.39, 0.29) is 17.8 Å². The monoisotopic (exact) mass is 541 g/mol. The van der Waals surface area contributed by atoms with Gasteiger partial charge in [-0.05, 0) is 80.8 Å². The number of anilines is 4. The van der Waals surface area contributed by atoms with Crippen LogP contribution >= 0.6 is 11.3 Å². The largest absolute Gasteiger partial charge is 0.397 e. The van der Waals surface area contributed by atoms with Crippen LogP contribution < -0.4 is 16.4 Å². The molecule has 5 aromatic rings. The van der Waals surface area contributed by atoms with Crippen LogP contribution in [0.1, 0.15) is 40.9 Å². The molecule has 5 rings (SSSR count). The summed E-state index contributed by atoms with van der Waals surface area (Å²) in [5, 5.41) is 6.92. The highest BCUT2D eigenvalue weighted by atomic mass is 32.1. The average molecular weight is 542 g/mol. The lowest BCUT2D eigenvalue weighted by Crippen LogP contribution is -2.11. The summed E-state index contributed by atoms with van der Waals surface area (Å²) in [4.78, 5) is 27.2. The third-order valence-corrected chi connectivity index (χ3v) is 7.41. The van der Waals surface area contributed by atoms with Crippen molar-refractivity contribution in [3.05, 3.63) is 89.1 Å². The van der Waals surface area contributed by atoms with Crippen LogP contribution in [0.2, 0.25) is 0 Å². The molecule has 0 fully saturated rings. The van der Waals surface area contributed by atoms with Crippen molar-refractivity contribution >= 4 is 39.6 Å². The van der Waals surface area contributed by atoms with E-state index >= 15 is 0 Å². The predicted octanol–water partition coefficient (Wildman–Crippen LogP) is 6.98. The van der Waals surface area contributed by atoms with Crippen LogP contribution in [0.15, 0.2) is 67.0 Å². The Bertz CT molecular complexity index is 1660. The van der Waals surface area contributed by atoms with E-state index in [0.29, 0.717) is 22.2 Å². The number of aryl methyl sites for hydroxylation is 2. The van der Waals surface area contributed by atoms with E-state index in [2.05, 4.69) is 39.0 Å². The Balaban J connectivity index is 1.35. The van der Waals surface area contributed by atoms with Crippen molar-refractivity contribution in [3.63, 3.8) is 0 Å². The van der Waals surface area contributed by atoms with E-state index in [4.69, 9.17) is 10.7 Å². The number of amides is 1. The van der Waals surface area contributed by atoms with Gasteiger partial charge in [0.1, 0.15) is 11.6 Å². The summed E-state index contributed by atoms with van der Waals surface area (Å²) in [6.07, 6.45) is 3.52. The van der Waals surface area contributed by atoms with Crippen LogP contribution in [-0.2, 0) is 0 Å². The third kappa shape index (κ3) is 5.51. The highest BCUT2D eigenvalue weighted by Gasteiger charge is 2.17. The average Bonchev–Trinajstić information content (AvgIpc) is 3.48. The number of carbonyl (C=O) groups is 1. The molecule has 2 aromatic carbocycles. The fourth-order valence-electron chi connectivity index (χ4n) is 4.35. The molecular weight excluding hydrogens is 513 g/mol. The highest BCUT2D eigenvalue weighted by Crippen LogP contribution is 2.32. The van der Waals surface area contributed by atoms with E-state index in [0.717, 1.165) is 38.9 Å². The van der Waals surface area contributed by atoms with Crippen LogP contribution in [0.4, 0.5) is 26.7 Å². The number of nitrogen functional groups attached to an aromatic ring is 1. The van der Waals surface area contributed by atoms with Gasteiger partial charge >= 0.3 is 0 Å². The first-order valence-electron chi connectivity index (χ1n) is 12.4. The molecule has 1 amide bonds. The number of nitrogens with zero attached hydrogens (tertiary/aromatic N) is 4. The molecule has 4 N–H and O–H groups in total. The van der Waals surface area contributed by atoms with Crippen LogP contribution in [0.25, 0.3) is 22.5 Å². The van der Waals surface area contributed by atoms with Crippen molar-refractivity contribution in [3.8, 4) is 22.5 Å². The molecule has 0 aliphatic rings. The molecule has 0 radical (unpaired) electrons. The molecule has 8 nitrogen and oxygen atoms in total. The van der Waals surface area contributed by atoms with Gasteiger partial charge in [-0.1, -0.05) is 18.2 Å². The molecule has 3 aromatic heterocycles. The number of imidazole rings is 1. The van der Waals surface area contributed by atoms with E-state index in [1.807, 2.05) is 38.2 Å². The summed E-state index contributed by atoms with van der Waals surface area (Å²) in [6, 6.07) is 15.4. The van der Waals surface area contributed by atoms with Gasteiger partial charge in [0.2, 0.25) is 5.95 Å². The number of rotatable bonds is 7. The first-order chi connectivity index (χ1) is 18.7. The van der Waals surface area contributed by atoms with Gasteiger partial charge in [-0.25, -0.2) is 19.3 Å². The van der Waals surface area contributed by atoms with Gasteiger partial charge in [0.05, 0.1) is 38.8 Å². The molecule has 198 valence electrons. The fourth-order valence-corrected chi connectivity index (χ4v) is 5.31. The second-order valence-corrected chi connectivity index (χ2v) is 10.5. The molecule has 0 saturated heterocycles. The van der Waals surface area contributed by atoms with Crippen molar-refractivity contribution in [2.75, 3.05) is 16.4 Å². The van der Waals surface area contributed by atoms with Crippen molar-refractivity contribution in [1.29, 1.82) is 0 Å². The maximum absolute atomic E-state index is 13.3. The van der Waals surface area contributed by atoms with Gasteiger partial charge < -0.3 is 20.9 Å². The normalized spacial score (nSPS) is 11.1. The zero-order valence-corrected chi connectivity index (χ0v) is 22.8. The van der Waals surface area contributed by atoms with Crippen LogP contribution in [0.5, 0.6) is 0 Å². The number of thiophene rings is 1. The number of benzene rings is 2. The van der Waals surface area contributed by atoms with Crippen LogP contribution in [0.3, 0.4) is 0 Å². The lowest BCUT2D eigenvalue weighted by atomic mass is 10.0. The topological polar surface area (TPSA) is 111 Å². The Kier molecular flexibility index (Phi) is 7.12. The number of hydrogen-bond donors (Lipinski definition) is 3. The maximum atomic E-state index is 13.3. The molecule has 0 saturated carbocycles. The summed E-state index contributed by atoms with van der Waals surface area (Å²) in [7, 11) is 0. The summed E-state index contributed by atoms with van der Waals surface area (Å²) in [6.45, 7) is 8.10. The Morgan fingerprint density at radius 2 is 1.77 bits per heavy atom. The van der Waals surface area contributed by atoms with E-state index in [1.54, 1.807) is 30.5 Å². The Hall–Kier alpha value is -4.57. The molecule has 0 bridgehead atoms. The first-order valence-corrected chi connectivity index (χ1v) is 13.2. The summed E-state index contributed by atoms with van der Waals surface area (Å²) >= 11 is 1.30. The third-order valence-electron chi connectivity index (χ3n) is 6.26. The lowest BCUT2D eigenvalue weighted by Gasteiger charge is -2.14. The van der Waals surface area contributed by atoms with Gasteiger partial charge in [-0.15, -0.1) is 11.3 Å². The minimum Gasteiger partial charge on any atom is -0.397 e. The first kappa shape index (κ1) is 26.1. The molecule has 0 atom stereocenters. The summed E-state index contributed by atoms with van der Waals surface area (Å²) in [5.74, 6) is 0.746. The van der Waals surface area contributed by atoms with Crippen molar-refractivity contribution in [1.82, 2.24) is 19.5 Å². The zero-order valence-electron chi connectivity index (χ0n) is 22.0. The molecule has 39 heavy (non-hydrogen) atoms. The molecule has 0 aliphatic heterocycles. The van der Waals surface area contributed by atoms with Crippen LogP contribution in [-0.4, -0.2) is 25.4 Å². The van der Waals surface area contributed by atoms with Crippen LogP contribution in [0, 0.1) is 19.7 Å². The second kappa shape index (κ2) is 10.7. The minimum absolute atomic E-state index is 0.236. The number of hydrogen-bond acceptors (Lipinski definition) is 7. The summed E-state index contributed by atoms with van der Waals surface area (Å²) < 4.78 is 15.5. The number of carbonyl (C=O) groups excluding carboxylic acids is 1. The quantitative estimate of drug-likeness (QED) is 0.192. The standard InChI is InChI=1S/C29H28FN7OS/c1-16(2)37-18(4)33-15-25(37)23-11-12-32-29(35-23)36-28-17(3)13-26(39-28)27(38)34-24-14-20(7-10-22(24)31)19-5-8-21(30)9-6-19/h5-16H,31H2,1-4H3,(H,34,38)(H,32,35,36). The van der Waals surface area contributed by atoms with Gasteiger partial charge in [-0.2, -0.15) is 0 Å². The molecular formula is C29H28FN7OS. The highest BCUT2D eigenvalue weighted by molar-refractivity contribution is 7.18. The maximum Gasteiger partial charge on any atom is 0.265 e. The Labute approximate surface area is 229 Å². The Morgan fingerprint density at radius 1 is 1.03 bits per heavy atom. The molecule has 0 spiro atoms. The molecule has 10 heteroatoms. The fraction of sp³-hybridized carbons (Fsp3) is 0.172. The molecule has 0 aliphatic carbocycles. The van der Waals surface area contributed by atoms with E-state index < -0.39 is 0 Å². The lowest BCUT2D eigenvalue weighted by molar-refractivity contribution is 0.103. The van der Waals surface area contributed by atoms with Gasteiger partial charge in [0, 0.05) is 12.2 Å². The van der Waals surface area contributed by atoms with Crippen molar-refractivity contribution in [2.24, 2.45) is 0 Å².